The molecule has 2 aromatic carbocycles. The first-order valence-electron chi connectivity index (χ1n) is 13.5. The van der Waals surface area contributed by atoms with E-state index in [-0.39, 0.29) is 17.1 Å². The van der Waals surface area contributed by atoms with Crippen molar-refractivity contribution in [3.05, 3.63) is 102 Å². The van der Waals surface area contributed by atoms with E-state index in [0.29, 0.717) is 6.42 Å². The molecule has 4 heterocycles. The highest BCUT2D eigenvalue weighted by Gasteiger charge is 2.18. The number of benzene rings is 2. The molecule has 0 unspecified atom stereocenters. The first-order chi connectivity index (χ1) is 19.6. The lowest BCUT2D eigenvalue weighted by atomic mass is 9.92. The number of pyridine rings is 1. The van der Waals surface area contributed by atoms with E-state index in [1.54, 1.807) is 18.3 Å². The Labute approximate surface area is 237 Å². The normalized spacial score (nSPS) is 13.8. The molecular weight excluding hydrogens is 515 g/mol. The maximum atomic E-state index is 13.5. The minimum atomic E-state index is -0.284. The molecule has 0 saturated carbocycles. The number of amides is 1. The van der Waals surface area contributed by atoms with Gasteiger partial charge in [0.05, 0.1) is 16.9 Å². The van der Waals surface area contributed by atoms with Gasteiger partial charge in [0.25, 0.3) is 0 Å². The summed E-state index contributed by atoms with van der Waals surface area (Å²) in [4.78, 5) is 20.7. The van der Waals surface area contributed by atoms with Crippen LogP contribution in [0.3, 0.4) is 0 Å². The van der Waals surface area contributed by atoms with Crippen molar-refractivity contribution in [2.75, 3.05) is 0 Å². The fraction of sp³-hybridized carbons (Fsp3) is 0.182. The van der Waals surface area contributed by atoms with Crippen LogP contribution in [-0.4, -0.2) is 26.1 Å². The molecule has 3 aromatic heterocycles. The van der Waals surface area contributed by atoms with Gasteiger partial charge < -0.3 is 15.6 Å². The molecule has 0 spiro atoms. The Morgan fingerprint density at radius 3 is 2.46 bits per heavy atom. The van der Waals surface area contributed by atoms with Crippen LogP contribution in [0.5, 0.6) is 0 Å². The van der Waals surface area contributed by atoms with Crippen LogP contribution in [0.4, 0.5) is 4.39 Å². The highest BCUT2D eigenvalue weighted by atomic mass is 19.1. The van der Waals surface area contributed by atoms with Gasteiger partial charge in [-0.15, -0.1) is 0 Å². The van der Waals surface area contributed by atoms with E-state index in [1.807, 2.05) is 70.3 Å². The molecule has 1 aliphatic rings. The van der Waals surface area contributed by atoms with Crippen molar-refractivity contribution in [3.63, 3.8) is 0 Å². The van der Waals surface area contributed by atoms with E-state index in [2.05, 4.69) is 36.9 Å². The molecule has 6 rings (SSSR count). The average molecular weight is 547 g/mol. The summed E-state index contributed by atoms with van der Waals surface area (Å²) in [5, 5.41) is 16.0. The summed E-state index contributed by atoms with van der Waals surface area (Å²) in [6.45, 7) is 8.11. The van der Waals surface area contributed by atoms with Crippen molar-refractivity contribution in [1.29, 1.82) is 0 Å². The van der Waals surface area contributed by atoms with Crippen LogP contribution in [0.15, 0.2) is 90.5 Å². The molecule has 5 aromatic rings. The predicted molar refractivity (Wildman–Crippen MR) is 162 cm³/mol. The number of fused-ring (bicyclic) bond motifs is 2. The van der Waals surface area contributed by atoms with E-state index in [0.717, 1.165) is 67.0 Å². The second kappa shape index (κ2) is 10.2. The van der Waals surface area contributed by atoms with Gasteiger partial charge >= 0.3 is 0 Å². The van der Waals surface area contributed by atoms with Crippen molar-refractivity contribution in [2.24, 2.45) is 5.41 Å². The van der Waals surface area contributed by atoms with Crippen LogP contribution < -0.4 is 10.6 Å². The highest BCUT2D eigenvalue weighted by Crippen LogP contribution is 2.34. The van der Waals surface area contributed by atoms with Gasteiger partial charge in [-0.05, 0) is 84.2 Å². The Kier molecular flexibility index (Phi) is 6.53. The van der Waals surface area contributed by atoms with Crippen LogP contribution in [0.25, 0.3) is 50.0 Å². The highest BCUT2D eigenvalue weighted by molar-refractivity contribution is 6.00. The van der Waals surface area contributed by atoms with Gasteiger partial charge in [-0.25, -0.2) is 4.39 Å². The third-order valence-electron chi connectivity index (χ3n) is 6.93. The smallest absolute Gasteiger partial charge is 0.224 e. The number of halogens is 1. The minimum Gasteiger partial charge on any atom is -0.365 e. The SMILES string of the molecule is CC1=CC(NC(=O)CC(C)(C)C)=CC(c2ccc3[nH]nc(-c4cc5c(-c6ccc(F)cc6)nccc5[nH]4)c3c2)=CN1. The Hall–Kier alpha value is -4.98. The first-order valence-corrected chi connectivity index (χ1v) is 13.5. The Morgan fingerprint density at radius 1 is 0.927 bits per heavy atom. The molecule has 41 heavy (non-hydrogen) atoms. The molecule has 0 bridgehead atoms. The molecule has 7 nitrogen and oxygen atoms in total. The van der Waals surface area contributed by atoms with Crippen molar-refractivity contribution in [1.82, 2.24) is 30.8 Å². The number of hydrogen-bond donors (Lipinski definition) is 4. The van der Waals surface area contributed by atoms with E-state index < -0.39 is 0 Å². The number of nitrogens with one attached hydrogen (secondary N) is 4. The molecule has 0 atom stereocenters. The van der Waals surface area contributed by atoms with Gasteiger partial charge in [-0.1, -0.05) is 26.8 Å². The number of aromatic nitrogens is 4. The van der Waals surface area contributed by atoms with Gasteiger partial charge in [-0.3, -0.25) is 14.9 Å². The van der Waals surface area contributed by atoms with E-state index >= 15 is 0 Å². The molecule has 206 valence electrons. The van der Waals surface area contributed by atoms with Gasteiger partial charge in [0.15, 0.2) is 0 Å². The number of hydrogen-bond acceptors (Lipinski definition) is 4. The fourth-order valence-electron chi connectivity index (χ4n) is 5.06. The van der Waals surface area contributed by atoms with Crippen LogP contribution in [0.2, 0.25) is 0 Å². The molecule has 4 N–H and O–H groups in total. The molecule has 1 amide bonds. The zero-order valence-corrected chi connectivity index (χ0v) is 23.4. The minimum absolute atomic E-state index is 0.0186. The fourth-order valence-corrected chi connectivity index (χ4v) is 5.06. The van der Waals surface area contributed by atoms with Crippen LogP contribution in [-0.2, 0) is 4.79 Å². The third kappa shape index (κ3) is 5.54. The number of allylic oxidation sites excluding steroid dienone is 4. The lowest BCUT2D eigenvalue weighted by Gasteiger charge is -2.17. The van der Waals surface area contributed by atoms with Gasteiger partial charge in [0.2, 0.25) is 5.91 Å². The molecular formula is C33H31FN6O. The number of nitrogens with zero attached hydrogens (tertiary/aromatic N) is 2. The zero-order chi connectivity index (χ0) is 28.7. The van der Waals surface area contributed by atoms with Crippen molar-refractivity contribution >= 4 is 33.3 Å². The summed E-state index contributed by atoms with van der Waals surface area (Å²) in [5.74, 6) is -0.302. The molecule has 0 aliphatic carbocycles. The van der Waals surface area contributed by atoms with E-state index in [4.69, 9.17) is 0 Å². The molecule has 0 saturated heterocycles. The number of carbonyl (C=O) groups is 1. The van der Waals surface area contributed by atoms with Crippen molar-refractivity contribution < 1.29 is 9.18 Å². The molecule has 0 fully saturated rings. The van der Waals surface area contributed by atoms with Gasteiger partial charge in [0, 0.05) is 52.1 Å². The number of rotatable bonds is 5. The monoisotopic (exact) mass is 546 g/mol. The standard InChI is InChI=1S/C33H31FN6O/c1-19-13-24(37-30(41)17-33(2,3)4)14-22(18-36-19)21-7-10-28-25(15-21)32(40-39-28)29-16-26-27(38-29)11-12-35-31(26)20-5-8-23(34)9-6-20/h5-16,18,36,38H,17H2,1-4H3,(H,37,41)(H,39,40). The average Bonchev–Trinajstić information content (AvgIpc) is 3.49. The van der Waals surface area contributed by atoms with Crippen LogP contribution in [0, 0.1) is 11.2 Å². The topological polar surface area (TPSA) is 98.5 Å². The summed E-state index contributed by atoms with van der Waals surface area (Å²) in [6, 6.07) is 16.4. The summed E-state index contributed by atoms with van der Waals surface area (Å²) >= 11 is 0. The molecule has 0 radical (unpaired) electrons. The Morgan fingerprint density at radius 2 is 1.68 bits per heavy atom. The van der Waals surface area contributed by atoms with Gasteiger partial charge in [0.1, 0.15) is 11.5 Å². The second-order valence-electron chi connectivity index (χ2n) is 11.6. The lowest BCUT2D eigenvalue weighted by Crippen LogP contribution is -2.26. The Bertz CT molecular complexity index is 1880. The molecule has 1 aliphatic heterocycles. The summed E-state index contributed by atoms with van der Waals surface area (Å²) in [6.07, 6.45) is 8.03. The molecule has 8 heteroatoms. The largest absolute Gasteiger partial charge is 0.365 e. The lowest BCUT2D eigenvalue weighted by molar-refractivity contribution is -0.122. The van der Waals surface area contributed by atoms with Gasteiger partial charge in [-0.2, -0.15) is 5.10 Å². The summed E-state index contributed by atoms with van der Waals surface area (Å²) < 4.78 is 13.5. The maximum absolute atomic E-state index is 13.5. The summed E-state index contributed by atoms with van der Waals surface area (Å²) in [5.41, 5.74) is 8.51. The first kappa shape index (κ1) is 26.3. The predicted octanol–water partition coefficient (Wildman–Crippen LogP) is 7.20. The quantitative estimate of drug-likeness (QED) is 0.187. The Balaban J connectivity index is 1.37. The van der Waals surface area contributed by atoms with Crippen molar-refractivity contribution in [3.8, 4) is 22.6 Å². The number of carbonyl (C=O) groups excluding carboxylic acids is 1. The van der Waals surface area contributed by atoms with E-state index in [9.17, 15) is 9.18 Å². The van der Waals surface area contributed by atoms with E-state index in [1.165, 1.54) is 12.1 Å². The zero-order valence-electron chi connectivity index (χ0n) is 23.4. The maximum Gasteiger partial charge on any atom is 0.224 e. The van der Waals surface area contributed by atoms with Crippen molar-refractivity contribution in [2.45, 2.75) is 34.1 Å². The third-order valence-corrected chi connectivity index (χ3v) is 6.93. The van der Waals surface area contributed by atoms with Crippen LogP contribution >= 0.6 is 0 Å². The number of H-pyrrole nitrogens is 2. The number of aromatic amines is 2. The second-order valence-corrected chi connectivity index (χ2v) is 11.6. The van der Waals surface area contributed by atoms with Crippen LogP contribution in [0.1, 0.15) is 39.7 Å². The summed E-state index contributed by atoms with van der Waals surface area (Å²) in [7, 11) is 0.